The van der Waals surface area contributed by atoms with Crippen molar-refractivity contribution in [2.45, 2.75) is 11.4 Å². The third-order valence-electron chi connectivity index (χ3n) is 4.68. The van der Waals surface area contributed by atoms with E-state index >= 15 is 0 Å². The zero-order valence-corrected chi connectivity index (χ0v) is 18.0. The quantitative estimate of drug-likeness (QED) is 0.446. The Morgan fingerprint density at radius 3 is 2.34 bits per heavy atom. The van der Waals surface area contributed by atoms with Gasteiger partial charge in [-0.1, -0.05) is 30.3 Å². The van der Waals surface area contributed by atoms with Gasteiger partial charge in [-0.3, -0.25) is 4.79 Å². The molecule has 32 heavy (non-hydrogen) atoms. The Hall–Kier alpha value is -4.05. The van der Waals surface area contributed by atoms with Gasteiger partial charge in [-0.25, -0.2) is 8.42 Å². The Labute approximate surface area is 185 Å². The van der Waals surface area contributed by atoms with Gasteiger partial charge in [-0.15, -0.1) is 5.10 Å². The molecule has 1 aromatic heterocycles. The number of hydrogen-bond acceptors (Lipinski definition) is 7. The lowest BCUT2D eigenvalue weighted by Crippen LogP contribution is -2.15. The largest absolute Gasteiger partial charge is 0.377 e. The molecule has 4 rings (SSSR count). The van der Waals surface area contributed by atoms with Crippen LogP contribution in [0, 0.1) is 0 Å². The van der Waals surface area contributed by atoms with Gasteiger partial charge < -0.3 is 10.6 Å². The molecule has 3 aromatic carbocycles. The predicted octanol–water partition coefficient (Wildman–Crippen LogP) is 2.93. The second-order valence-electron chi connectivity index (χ2n) is 6.99. The van der Waals surface area contributed by atoms with Crippen LogP contribution in [-0.2, 0) is 16.4 Å². The maximum absolute atomic E-state index is 12.8. The van der Waals surface area contributed by atoms with Crippen LogP contribution < -0.4 is 10.6 Å². The number of para-hydroxylation sites is 2. The molecule has 0 unspecified atom stereocenters. The molecule has 0 saturated carbocycles. The maximum atomic E-state index is 12.8. The molecule has 10 heteroatoms. The van der Waals surface area contributed by atoms with E-state index in [1.807, 2.05) is 36.4 Å². The third kappa shape index (κ3) is 4.81. The van der Waals surface area contributed by atoms with Gasteiger partial charge in [-0.2, -0.15) is 4.68 Å². The van der Waals surface area contributed by atoms with Crippen LogP contribution in [-0.4, -0.2) is 40.8 Å². The average molecular weight is 449 g/mol. The number of nitrogens with zero attached hydrogens (tertiary/aromatic N) is 4. The van der Waals surface area contributed by atoms with Crippen molar-refractivity contribution in [3.05, 3.63) is 90.3 Å². The minimum absolute atomic E-state index is 0.215. The van der Waals surface area contributed by atoms with Crippen molar-refractivity contribution in [2.75, 3.05) is 16.9 Å². The zero-order valence-electron chi connectivity index (χ0n) is 17.1. The minimum Gasteiger partial charge on any atom is -0.377 e. The first kappa shape index (κ1) is 21.2. The molecule has 0 atom stereocenters. The van der Waals surface area contributed by atoms with E-state index < -0.39 is 9.84 Å². The van der Waals surface area contributed by atoms with Crippen LogP contribution in [0.1, 0.15) is 16.2 Å². The Morgan fingerprint density at radius 1 is 0.938 bits per heavy atom. The first-order valence-corrected chi connectivity index (χ1v) is 11.6. The van der Waals surface area contributed by atoms with E-state index in [2.05, 4.69) is 26.2 Å². The van der Waals surface area contributed by atoms with E-state index in [1.165, 1.54) is 16.8 Å². The van der Waals surface area contributed by atoms with Crippen molar-refractivity contribution in [1.82, 2.24) is 20.2 Å². The van der Waals surface area contributed by atoms with Crippen molar-refractivity contribution in [3.63, 3.8) is 0 Å². The van der Waals surface area contributed by atoms with Crippen molar-refractivity contribution < 1.29 is 13.2 Å². The van der Waals surface area contributed by atoms with Crippen LogP contribution in [0.2, 0.25) is 0 Å². The molecule has 0 bridgehead atoms. The smallest absolute Gasteiger partial charge is 0.257 e. The van der Waals surface area contributed by atoms with Crippen LogP contribution >= 0.6 is 0 Å². The summed E-state index contributed by atoms with van der Waals surface area (Å²) in [4.78, 5) is 13.0. The van der Waals surface area contributed by atoms with Gasteiger partial charge in [-0.05, 0) is 59.0 Å². The predicted molar refractivity (Wildman–Crippen MR) is 120 cm³/mol. The van der Waals surface area contributed by atoms with E-state index in [9.17, 15) is 13.2 Å². The molecule has 0 aliphatic carbocycles. The molecular weight excluding hydrogens is 428 g/mol. The fourth-order valence-electron chi connectivity index (χ4n) is 3.08. The van der Waals surface area contributed by atoms with Crippen molar-refractivity contribution in [2.24, 2.45) is 0 Å². The van der Waals surface area contributed by atoms with Crippen LogP contribution in [0.3, 0.4) is 0 Å². The molecule has 0 aliphatic heterocycles. The topological polar surface area (TPSA) is 119 Å². The Balaban J connectivity index is 1.51. The fraction of sp³-hybridized carbons (Fsp3) is 0.0909. The van der Waals surface area contributed by atoms with E-state index in [1.54, 1.807) is 30.3 Å². The molecule has 0 fully saturated rings. The molecule has 0 radical (unpaired) electrons. The molecule has 0 aliphatic rings. The lowest BCUT2D eigenvalue weighted by atomic mass is 10.1. The second kappa shape index (κ2) is 8.98. The number of tetrazole rings is 1. The first-order valence-electron chi connectivity index (χ1n) is 9.69. The highest BCUT2D eigenvalue weighted by molar-refractivity contribution is 7.90. The van der Waals surface area contributed by atoms with Crippen LogP contribution in [0.15, 0.2) is 83.8 Å². The third-order valence-corrected chi connectivity index (χ3v) is 5.81. The van der Waals surface area contributed by atoms with Gasteiger partial charge in [0.2, 0.25) is 0 Å². The number of hydrogen-bond donors (Lipinski definition) is 2. The number of benzene rings is 3. The molecule has 1 amide bonds. The van der Waals surface area contributed by atoms with Crippen molar-refractivity contribution in [3.8, 4) is 5.69 Å². The van der Waals surface area contributed by atoms with E-state index in [0.717, 1.165) is 6.26 Å². The second-order valence-corrected chi connectivity index (χ2v) is 9.01. The van der Waals surface area contributed by atoms with Gasteiger partial charge in [0.15, 0.2) is 15.7 Å². The summed E-state index contributed by atoms with van der Waals surface area (Å²) in [5, 5.41) is 17.8. The number of amides is 1. The van der Waals surface area contributed by atoms with Gasteiger partial charge in [0.1, 0.15) is 0 Å². The molecule has 9 nitrogen and oxygen atoms in total. The highest BCUT2D eigenvalue weighted by Gasteiger charge is 2.14. The summed E-state index contributed by atoms with van der Waals surface area (Å²) in [6.45, 7) is 0.246. The molecular formula is C22H20N6O3S. The van der Waals surface area contributed by atoms with Gasteiger partial charge in [0.05, 0.1) is 22.7 Å². The molecule has 4 aromatic rings. The number of anilines is 2. The summed E-state index contributed by atoms with van der Waals surface area (Å²) in [6, 6.07) is 22.6. The number of sulfone groups is 1. The molecule has 2 N–H and O–H groups in total. The molecule has 162 valence electrons. The summed E-state index contributed by atoms with van der Waals surface area (Å²) in [6.07, 6.45) is 1.15. The minimum atomic E-state index is -3.29. The molecule has 0 spiro atoms. The monoisotopic (exact) mass is 448 g/mol. The summed E-state index contributed by atoms with van der Waals surface area (Å²) in [7, 11) is -3.29. The number of carbonyl (C=O) groups is 1. The number of nitrogens with one attached hydrogen (secondary N) is 2. The fourth-order valence-corrected chi connectivity index (χ4v) is 3.71. The van der Waals surface area contributed by atoms with E-state index in [0.29, 0.717) is 28.5 Å². The summed E-state index contributed by atoms with van der Waals surface area (Å²) >= 11 is 0. The standard InChI is InChI=1S/C22H20N6O3S/c1-32(30,31)18-13-11-17(12-14-18)28-21(25-26-27-28)15-23-20-10-6-5-9-19(20)22(29)24-16-7-3-2-4-8-16/h2-14,23H,15H2,1H3,(H,24,29). The van der Waals surface area contributed by atoms with Crippen LogP contribution in [0.4, 0.5) is 11.4 Å². The molecule has 0 saturated heterocycles. The Bertz CT molecular complexity index is 1340. The first-order chi connectivity index (χ1) is 15.4. The lowest BCUT2D eigenvalue weighted by Gasteiger charge is -2.12. The van der Waals surface area contributed by atoms with Crippen molar-refractivity contribution >= 4 is 27.1 Å². The number of aromatic nitrogens is 4. The van der Waals surface area contributed by atoms with E-state index in [-0.39, 0.29) is 17.3 Å². The summed E-state index contributed by atoms with van der Waals surface area (Å²) in [5.41, 5.74) is 2.43. The summed E-state index contributed by atoms with van der Waals surface area (Å²) in [5.74, 6) is 0.255. The highest BCUT2D eigenvalue weighted by atomic mass is 32.2. The maximum Gasteiger partial charge on any atom is 0.257 e. The van der Waals surface area contributed by atoms with Crippen molar-refractivity contribution in [1.29, 1.82) is 0 Å². The number of rotatable bonds is 7. The van der Waals surface area contributed by atoms with Gasteiger partial charge >= 0.3 is 0 Å². The zero-order chi connectivity index (χ0) is 22.6. The average Bonchev–Trinajstić information content (AvgIpc) is 3.27. The van der Waals surface area contributed by atoms with Gasteiger partial charge in [0, 0.05) is 17.6 Å². The molecule has 1 heterocycles. The van der Waals surface area contributed by atoms with Crippen LogP contribution in [0.5, 0.6) is 0 Å². The van der Waals surface area contributed by atoms with Crippen LogP contribution in [0.25, 0.3) is 5.69 Å². The van der Waals surface area contributed by atoms with E-state index in [4.69, 9.17) is 0 Å². The number of carbonyl (C=O) groups excluding carboxylic acids is 1. The Kier molecular flexibility index (Phi) is 5.95. The lowest BCUT2D eigenvalue weighted by molar-refractivity contribution is 0.102. The summed E-state index contributed by atoms with van der Waals surface area (Å²) < 4.78 is 24.8. The highest BCUT2D eigenvalue weighted by Crippen LogP contribution is 2.19. The Morgan fingerprint density at radius 2 is 1.62 bits per heavy atom. The van der Waals surface area contributed by atoms with Gasteiger partial charge in [0.25, 0.3) is 5.91 Å². The SMILES string of the molecule is CS(=O)(=O)c1ccc(-n2nnnc2CNc2ccccc2C(=O)Nc2ccccc2)cc1. The normalized spacial score (nSPS) is 11.2.